The van der Waals surface area contributed by atoms with E-state index in [0.717, 1.165) is 31.9 Å². The summed E-state index contributed by atoms with van der Waals surface area (Å²) >= 11 is 0. The molecule has 128 valence electrons. The molecule has 2 heterocycles. The molecule has 0 unspecified atom stereocenters. The Bertz CT molecular complexity index is 517. The van der Waals surface area contributed by atoms with Gasteiger partial charge in [0.05, 0.1) is 11.4 Å². The summed E-state index contributed by atoms with van der Waals surface area (Å²) in [4.78, 5) is 19.4. The van der Waals surface area contributed by atoms with Crippen molar-refractivity contribution in [2.75, 3.05) is 49.1 Å². The van der Waals surface area contributed by atoms with Crippen molar-refractivity contribution in [1.29, 1.82) is 0 Å². The van der Waals surface area contributed by atoms with E-state index in [4.69, 9.17) is 0 Å². The maximum Gasteiger partial charge on any atom is 0.228 e. The summed E-state index contributed by atoms with van der Waals surface area (Å²) < 4.78 is 0. The van der Waals surface area contributed by atoms with Gasteiger partial charge in [0.15, 0.2) is 0 Å². The Morgan fingerprint density at radius 2 is 1.65 bits per heavy atom. The number of anilines is 2. The predicted octanol–water partition coefficient (Wildman–Crippen LogP) is 3.16. The van der Waals surface area contributed by atoms with Crippen molar-refractivity contribution >= 4 is 29.7 Å². The molecule has 23 heavy (non-hydrogen) atoms. The Morgan fingerprint density at radius 3 is 2.35 bits per heavy atom. The first-order chi connectivity index (χ1) is 10.8. The second-order valence-corrected chi connectivity index (χ2v) is 6.27. The lowest BCUT2D eigenvalue weighted by Gasteiger charge is -2.30. The Labute approximate surface area is 145 Å². The summed E-state index contributed by atoms with van der Waals surface area (Å²) in [6.45, 7) is 8.11. The van der Waals surface area contributed by atoms with Gasteiger partial charge in [-0.3, -0.25) is 4.79 Å². The number of para-hydroxylation sites is 2. The maximum atomic E-state index is 12.6. The minimum Gasteiger partial charge on any atom is -0.370 e. The molecule has 0 N–H and O–H groups in total. The van der Waals surface area contributed by atoms with E-state index in [9.17, 15) is 4.79 Å². The number of carbonyl (C=O) groups excluding carboxylic acids is 1. The second kappa shape index (κ2) is 8.55. The van der Waals surface area contributed by atoms with Crippen LogP contribution in [0, 0.1) is 0 Å². The molecule has 0 atom stereocenters. The molecule has 4 nitrogen and oxygen atoms in total. The molecule has 0 aromatic heterocycles. The number of hydrogen-bond acceptors (Lipinski definition) is 3. The molecule has 1 saturated heterocycles. The van der Waals surface area contributed by atoms with E-state index in [1.54, 1.807) is 0 Å². The molecular formula is C18H28ClN3O. The quantitative estimate of drug-likeness (QED) is 0.844. The zero-order valence-electron chi connectivity index (χ0n) is 14.0. The predicted molar refractivity (Wildman–Crippen MR) is 98.8 cm³/mol. The molecule has 0 aliphatic carbocycles. The number of hydrogen-bond donors (Lipinski definition) is 0. The zero-order valence-corrected chi connectivity index (χ0v) is 14.9. The summed E-state index contributed by atoms with van der Waals surface area (Å²) in [7, 11) is 0. The van der Waals surface area contributed by atoms with Crippen LogP contribution in [0.4, 0.5) is 11.4 Å². The largest absolute Gasteiger partial charge is 0.370 e. The fourth-order valence-corrected chi connectivity index (χ4v) is 3.58. The number of rotatable bonds is 4. The normalized spacial score (nSPS) is 19.1. The average molecular weight is 338 g/mol. The highest BCUT2D eigenvalue weighted by Crippen LogP contribution is 2.32. The molecular weight excluding hydrogens is 310 g/mol. The van der Waals surface area contributed by atoms with Gasteiger partial charge in [-0.05, 0) is 45.0 Å². The molecule has 0 saturated carbocycles. The molecule has 0 spiro atoms. The molecule has 2 aliphatic rings. The summed E-state index contributed by atoms with van der Waals surface area (Å²) in [5.74, 6) is 0.264. The number of amides is 1. The lowest BCUT2D eigenvalue weighted by atomic mass is 10.1. The minimum absolute atomic E-state index is 0. The Kier molecular flexibility index (Phi) is 6.72. The molecule has 0 radical (unpaired) electrons. The summed E-state index contributed by atoms with van der Waals surface area (Å²) in [6.07, 6.45) is 4.57. The molecule has 1 aromatic carbocycles. The van der Waals surface area contributed by atoms with E-state index in [0.29, 0.717) is 6.42 Å². The first-order valence-electron chi connectivity index (χ1n) is 8.66. The average Bonchev–Trinajstić information content (AvgIpc) is 2.70. The highest BCUT2D eigenvalue weighted by molar-refractivity contribution is 5.98. The van der Waals surface area contributed by atoms with Gasteiger partial charge in [0.2, 0.25) is 5.91 Å². The Morgan fingerprint density at radius 1 is 0.957 bits per heavy atom. The van der Waals surface area contributed by atoms with Crippen LogP contribution < -0.4 is 9.80 Å². The SMILES string of the molecule is CCN1CCC(=O)N(CCN2CCCCC2)c2ccccc21.Cl. The van der Waals surface area contributed by atoms with Crippen LogP contribution in [0.1, 0.15) is 32.6 Å². The minimum atomic E-state index is 0. The zero-order chi connectivity index (χ0) is 15.4. The van der Waals surface area contributed by atoms with Crippen molar-refractivity contribution < 1.29 is 4.79 Å². The van der Waals surface area contributed by atoms with Gasteiger partial charge in [0.1, 0.15) is 0 Å². The fourth-order valence-electron chi connectivity index (χ4n) is 3.58. The van der Waals surface area contributed by atoms with Gasteiger partial charge >= 0.3 is 0 Å². The van der Waals surface area contributed by atoms with E-state index in [1.165, 1.54) is 38.0 Å². The van der Waals surface area contributed by atoms with Gasteiger partial charge in [-0.2, -0.15) is 0 Å². The van der Waals surface area contributed by atoms with Gasteiger partial charge < -0.3 is 14.7 Å². The number of piperidine rings is 1. The van der Waals surface area contributed by atoms with Crippen molar-refractivity contribution in [3.63, 3.8) is 0 Å². The van der Waals surface area contributed by atoms with E-state index >= 15 is 0 Å². The maximum absolute atomic E-state index is 12.6. The van der Waals surface area contributed by atoms with Crippen LogP contribution in [-0.4, -0.2) is 50.1 Å². The Hall–Kier alpha value is -1.26. The topological polar surface area (TPSA) is 26.8 Å². The third-order valence-corrected chi connectivity index (χ3v) is 4.88. The van der Waals surface area contributed by atoms with Crippen LogP contribution in [0.3, 0.4) is 0 Å². The third-order valence-electron chi connectivity index (χ3n) is 4.88. The highest BCUT2D eigenvalue weighted by Gasteiger charge is 2.25. The highest BCUT2D eigenvalue weighted by atomic mass is 35.5. The molecule has 5 heteroatoms. The van der Waals surface area contributed by atoms with Crippen LogP contribution in [0.15, 0.2) is 24.3 Å². The fraction of sp³-hybridized carbons (Fsp3) is 0.611. The lowest BCUT2D eigenvalue weighted by molar-refractivity contribution is -0.118. The number of benzene rings is 1. The molecule has 2 aliphatic heterocycles. The van der Waals surface area contributed by atoms with E-state index in [-0.39, 0.29) is 18.3 Å². The summed E-state index contributed by atoms with van der Waals surface area (Å²) in [5, 5.41) is 0. The van der Waals surface area contributed by atoms with Gasteiger partial charge in [-0.15, -0.1) is 12.4 Å². The third kappa shape index (κ3) is 4.18. The first-order valence-corrected chi connectivity index (χ1v) is 8.66. The van der Waals surface area contributed by atoms with Crippen molar-refractivity contribution in [3.05, 3.63) is 24.3 Å². The van der Waals surface area contributed by atoms with Gasteiger partial charge in [-0.1, -0.05) is 18.6 Å². The van der Waals surface area contributed by atoms with Crippen LogP contribution in [0.5, 0.6) is 0 Å². The Balaban J connectivity index is 0.00000192. The number of fused-ring (bicyclic) bond motifs is 1. The van der Waals surface area contributed by atoms with Crippen LogP contribution >= 0.6 is 12.4 Å². The van der Waals surface area contributed by atoms with Gasteiger partial charge in [-0.25, -0.2) is 0 Å². The smallest absolute Gasteiger partial charge is 0.228 e. The molecule has 0 bridgehead atoms. The van der Waals surface area contributed by atoms with Crippen molar-refractivity contribution in [3.8, 4) is 0 Å². The van der Waals surface area contributed by atoms with Gasteiger partial charge in [0, 0.05) is 32.6 Å². The van der Waals surface area contributed by atoms with Gasteiger partial charge in [0.25, 0.3) is 0 Å². The molecule has 1 fully saturated rings. The summed E-state index contributed by atoms with van der Waals surface area (Å²) in [6, 6.07) is 8.35. The van der Waals surface area contributed by atoms with E-state index in [2.05, 4.69) is 34.9 Å². The number of carbonyl (C=O) groups is 1. The monoisotopic (exact) mass is 337 g/mol. The van der Waals surface area contributed by atoms with Crippen LogP contribution in [0.25, 0.3) is 0 Å². The van der Waals surface area contributed by atoms with Crippen LogP contribution in [-0.2, 0) is 4.79 Å². The summed E-state index contributed by atoms with van der Waals surface area (Å²) in [5.41, 5.74) is 2.29. The number of nitrogens with zero attached hydrogens (tertiary/aromatic N) is 3. The second-order valence-electron chi connectivity index (χ2n) is 6.27. The molecule has 1 amide bonds. The first kappa shape index (κ1) is 18.1. The lowest BCUT2D eigenvalue weighted by Crippen LogP contribution is -2.40. The number of likely N-dealkylation sites (tertiary alicyclic amines) is 1. The van der Waals surface area contributed by atoms with Crippen molar-refractivity contribution in [1.82, 2.24) is 4.90 Å². The van der Waals surface area contributed by atoms with E-state index in [1.807, 2.05) is 11.0 Å². The van der Waals surface area contributed by atoms with E-state index < -0.39 is 0 Å². The van der Waals surface area contributed by atoms with Crippen molar-refractivity contribution in [2.45, 2.75) is 32.6 Å². The standard InChI is InChI=1S/C18H27N3O.ClH/c1-2-20-13-10-18(22)21(17-9-5-4-8-16(17)20)15-14-19-11-6-3-7-12-19;/h4-5,8-9H,2-3,6-7,10-15H2,1H3;1H. The van der Waals surface area contributed by atoms with Crippen LogP contribution in [0.2, 0.25) is 0 Å². The van der Waals surface area contributed by atoms with Crippen molar-refractivity contribution in [2.24, 2.45) is 0 Å². The molecule has 1 aromatic rings. The molecule has 3 rings (SSSR count). The number of halogens is 1.